The number of ether oxygens (including phenoxy) is 1. The molecular weight excluding hydrogens is 543 g/mol. The van der Waals surface area contributed by atoms with E-state index in [9.17, 15) is 14.7 Å². The Kier molecular flexibility index (Phi) is 8.42. The van der Waals surface area contributed by atoms with Crippen LogP contribution in [0.25, 0.3) is 0 Å². The van der Waals surface area contributed by atoms with E-state index >= 15 is 0 Å². The summed E-state index contributed by atoms with van der Waals surface area (Å²) in [7, 11) is 0. The van der Waals surface area contributed by atoms with Crippen molar-refractivity contribution in [3.05, 3.63) is 56.2 Å². The summed E-state index contributed by atoms with van der Waals surface area (Å²) >= 11 is 14.3. The summed E-state index contributed by atoms with van der Waals surface area (Å²) < 4.78 is 6.00. The molecule has 3 fully saturated rings. The van der Waals surface area contributed by atoms with Gasteiger partial charge in [-0.2, -0.15) is 11.3 Å². The second kappa shape index (κ2) is 11.5. The van der Waals surface area contributed by atoms with Crippen molar-refractivity contribution in [2.24, 2.45) is 11.3 Å². The fourth-order valence-electron chi connectivity index (χ4n) is 6.99. The Morgan fingerprint density at radius 1 is 1.18 bits per heavy atom. The number of hydrogen-bond acceptors (Lipinski definition) is 6. The van der Waals surface area contributed by atoms with Crippen molar-refractivity contribution >= 4 is 46.5 Å². The van der Waals surface area contributed by atoms with Gasteiger partial charge in [0.05, 0.1) is 11.8 Å². The number of carboxylic acid groups (broad SMARTS) is 1. The average Bonchev–Trinajstić information content (AvgIpc) is 3.57. The third-order valence-electron chi connectivity index (χ3n) is 8.78. The molecule has 5 rings (SSSR count). The van der Waals surface area contributed by atoms with Gasteiger partial charge in [0.25, 0.3) is 0 Å². The van der Waals surface area contributed by atoms with Crippen LogP contribution in [0.3, 0.4) is 0 Å². The Morgan fingerprint density at radius 2 is 1.97 bits per heavy atom. The Bertz CT molecular complexity index is 1150. The number of likely N-dealkylation sites (tertiary alicyclic amines) is 2. The normalized spacial score (nSPS) is 27.7. The average molecular weight is 580 g/mol. The summed E-state index contributed by atoms with van der Waals surface area (Å²) in [6, 6.07) is 7.98. The van der Waals surface area contributed by atoms with Gasteiger partial charge in [0.15, 0.2) is 0 Å². The SMILES string of the molecule is CCCC1(CC(=O)O)CC2(CCN(C[C@H]3CN(Cc4ccc(Cl)cc4Cl)C[C@@H]3c3ccsc3)CC2)OC1=O. The molecule has 4 heterocycles. The molecule has 0 amide bonds. The van der Waals surface area contributed by atoms with Crippen LogP contribution in [0.15, 0.2) is 35.0 Å². The standard InChI is InChI=1S/C29H36Cl2N2O4S/c1-2-6-28(13-26(34)35)19-29(37-27(28)36)7-9-32(10-8-29)15-22-16-33(17-24(22)21-5-11-38-18-21)14-20-3-4-23(30)12-25(20)31/h3-5,11-12,18,22,24H,2,6-10,13-17,19H2,1H3,(H,34,35)/t22-,24+,28?/m0/s1. The van der Waals surface area contributed by atoms with Gasteiger partial charge in [-0.05, 0) is 52.4 Å². The van der Waals surface area contributed by atoms with E-state index in [0.29, 0.717) is 34.7 Å². The first-order valence-electron chi connectivity index (χ1n) is 13.6. The second-order valence-electron chi connectivity index (χ2n) is 11.5. The van der Waals surface area contributed by atoms with Gasteiger partial charge < -0.3 is 14.7 Å². The zero-order chi connectivity index (χ0) is 26.9. The van der Waals surface area contributed by atoms with Crippen molar-refractivity contribution in [1.29, 1.82) is 0 Å². The van der Waals surface area contributed by atoms with Gasteiger partial charge in [0.1, 0.15) is 5.60 Å². The van der Waals surface area contributed by atoms with E-state index in [-0.39, 0.29) is 12.4 Å². The highest BCUT2D eigenvalue weighted by Crippen LogP contribution is 2.50. The maximum Gasteiger partial charge on any atom is 0.313 e. The van der Waals surface area contributed by atoms with Gasteiger partial charge in [0, 0.05) is 74.5 Å². The molecule has 3 atom stereocenters. The van der Waals surface area contributed by atoms with Crippen LogP contribution in [-0.2, 0) is 20.9 Å². The van der Waals surface area contributed by atoms with Gasteiger partial charge in [-0.25, -0.2) is 0 Å². The quantitative estimate of drug-likeness (QED) is 0.351. The lowest BCUT2D eigenvalue weighted by atomic mass is 9.72. The molecule has 1 aromatic carbocycles. The predicted octanol–water partition coefficient (Wildman–Crippen LogP) is 6.31. The van der Waals surface area contributed by atoms with E-state index in [1.807, 2.05) is 25.1 Å². The zero-order valence-electron chi connectivity index (χ0n) is 21.8. The van der Waals surface area contributed by atoms with Crippen LogP contribution in [0.1, 0.15) is 62.5 Å². The summed E-state index contributed by atoms with van der Waals surface area (Å²) in [5.74, 6) is -0.280. The minimum absolute atomic E-state index is 0.136. The van der Waals surface area contributed by atoms with Crippen LogP contribution >= 0.6 is 34.5 Å². The third kappa shape index (κ3) is 5.92. The molecule has 0 bridgehead atoms. The number of carbonyl (C=O) groups excluding carboxylic acids is 1. The summed E-state index contributed by atoms with van der Waals surface area (Å²) in [6.07, 6.45) is 3.27. The molecular formula is C29H36Cl2N2O4S. The number of esters is 1. The number of piperidine rings is 1. The number of benzene rings is 1. The predicted molar refractivity (Wildman–Crippen MR) is 151 cm³/mol. The monoisotopic (exact) mass is 578 g/mol. The maximum absolute atomic E-state index is 12.9. The van der Waals surface area contributed by atoms with Crippen LogP contribution in [0.4, 0.5) is 0 Å². The lowest BCUT2D eigenvalue weighted by molar-refractivity contribution is -0.160. The first-order valence-corrected chi connectivity index (χ1v) is 15.3. The molecule has 6 nitrogen and oxygen atoms in total. The van der Waals surface area contributed by atoms with E-state index in [2.05, 4.69) is 26.6 Å². The Balaban J connectivity index is 1.23. The Hall–Kier alpha value is -1.64. The van der Waals surface area contributed by atoms with Crippen molar-refractivity contribution in [3.8, 4) is 0 Å². The minimum Gasteiger partial charge on any atom is -0.481 e. The third-order valence-corrected chi connectivity index (χ3v) is 10.1. The highest BCUT2D eigenvalue weighted by molar-refractivity contribution is 7.08. The number of hydrogen-bond donors (Lipinski definition) is 1. The first-order chi connectivity index (χ1) is 18.2. The number of carboxylic acids is 1. The van der Waals surface area contributed by atoms with Gasteiger partial charge >= 0.3 is 11.9 Å². The van der Waals surface area contributed by atoms with Crippen LogP contribution < -0.4 is 0 Å². The van der Waals surface area contributed by atoms with Crippen molar-refractivity contribution < 1.29 is 19.4 Å². The number of halogens is 2. The van der Waals surface area contributed by atoms with Gasteiger partial charge in [-0.15, -0.1) is 0 Å². The lowest BCUT2D eigenvalue weighted by Crippen LogP contribution is -2.46. The first kappa shape index (κ1) is 27.9. The fourth-order valence-corrected chi connectivity index (χ4v) is 8.19. The molecule has 1 N–H and O–H groups in total. The molecule has 1 spiro atoms. The maximum atomic E-state index is 12.9. The van der Waals surface area contributed by atoms with Gasteiger partial charge in [0.2, 0.25) is 0 Å². The van der Waals surface area contributed by atoms with Crippen molar-refractivity contribution in [3.63, 3.8) is 0 Å². The van der Waals surface area contributed by atoms with Gasteiger partial charge in [-0.3, -0.25) is 14.5 Å². The molecule has 1 aromatic heterocycles. The molecule has 3 aliphatic heterocycles. The summed E-state index contributed by atoms with van der Waals surface area (Å²) in [6.45, 7) is 7.50. The lowest BCUT2D eigenvalue weighted by Gasteiger charge is -2.40. The molecule has 9 heteroatoms. The molecule has 38 heavy (non-hydrogen) atoms. The van der Waals surface area contributed by atoms with Crippen LogP contribution in [0.2, 0.25) is 10.0 Å². The zero-order valence-corrected chi connectivity index (χ0v) is 24.2. The molecule has 0 saturated carbocycles. The molecule has 0 radical (unpaired) electrons. The smallest absolute Gasteiger partial charge is 0.313 e. The highest BCUT2D eigenvalue weighted by atomic mass is 35.5. The highest BCUT2D eigenvalue weighted by Gasteiger charge is 2.57. The van der Waals surface area contributed by atoms with Crippen molar-refractivity contribution in [2.75, 3.05) is 32.7 Å². The van der Waals surface area contributed by atoms with E-state index in [1.165, 1.54) is 5.56 Å². The van der Waals surface area contributed by atoms with E-state index in [0.717, 1.165) is 64.1 Å². The fraction of sp³-hybridized carbons (Fsp3) is 0.586. The van der Waals surface area contributed by atoms with Gasteiger partial charge in [-0.1, -0.05) is 42.6 Å². The number of aliphatic carboxylic acids is 1. The minimum atomic E-state index is -0.921. The van der Waals surface area contributed by atoms with Crippen molar-refractivity contribution in [2.45, 2.75) is 63.5 Å². The van der Waals surface area contributed by atoms with Crippen LogP contribution in [0, 0.1) is 11.3 Å². The van der Waals surface area contributed by atoms with Crippen LogP contribution in [-0.4, -0.2) is 65.2 Å². The molecule has 2 aromatic rings. The Labute approximate surface area is 238 Å². The van der Waals surface area contributed by atoms with E-state index < -0.39 is 17.0 Å². The summed E-state index contributed by atoms with van der Waals surface area (Å²) in [5, 5.41) is 15.3. The van der Waals surface area contributed by atoms with E-state index in [4.69, 9.17) is 27.9 Å². The van der Waals surface area contributed by atoms with E-state index in [1.54, 1.807) is 11.3 Å². The Morgan fingerprint density at radius 3 is 2.63 bits per heavy atom. The van der Waals surface area contributed by atoms with Crippen molar-refractivity contribution in [1.82, 2.24) is 9.80 Å². The second-order valence-corrected chi connectivity index (χ2v) is 13.1. The molecule has 3 saturated heterocycles. The van der Waals surface area contributed by atoms with Crippen LogP contribution in [0.5, 0.6) is 0 Å². The molecule has 0 aliphatic carbocycles. The topological polar surface area (TPSA) is 70.1 Å². The molecule has 1 unspecified atom stereocenters. The number of thiophene rings is 1. The summed E-state index contributed by atoms with van der Waals surface area (Å²) in [5.41, 5.74) is 1.11. The number of rotatable bonds is 9. The number of nitrogens with zero attached hydrogens (tertiary/aromatic N) is 2. The number of carbonyl (C=O) groups is 2. The molecule has 206 valence electrons. The molecule has 3 aliphatic rings. The summed E-state index contributed by atoms with van der Waals surface area (Å²) in [4.78, 5) is 29.5. The largest absolute Gasteiger partial charge is 0.481 e.